The van der Waals surface area contributed by atoms with Crippen molar-refractivity contribution in [2.24, 2.45) is 0 Å². The number of halogens is 2. The van der Waals surface area contributed by atoms with Gasteiger partial charge in [-0.2, -0.15) is 0 Å². The van der Waals surface area contributed by atoms with Gasteiger partial charge in [-0.3, -0.25) is 0 Å². The summed E-state index contributed by atoms with van der Waals surface area (Å²) in [6.07, 6.45) is 7.04. The first-order valence-electron chi connectivity index (χ1n) is 11.3. The van der Waals surface area contributed by atoms with Crippen LogP contribution in [-0.2, 0) is 0 Å². The molecule has 1 atom stereocenters. The molecule has 1 aromatic heterocycles. The Bertz CT molecular complexity index is 1090. The lowest BCUT2D eigenvalue weighted by atomic mass is 9.88. The number of carbonyl (C=O) groups excluding carboxylic acids is 1. The van der Waals surface area contributed by atoms with Gasteiger partial charge in [0.15, 0.2) is 0 Å². The van der Waals surface area contributed by atoms with Crippen LogP contribution in [0, 0.1) is 3.57 Å². The molecule has 0 aliphatic carbocycles. The van der Waals surface area contributed by atoms with E-state index in [1.54, 1.807) is 0 Å². The Morgan fingerprint density at radius 1 is 1.25 bits per heavy atom. The van der Waals surface area contributed by atoms with Gasteiger partial charge in [0, 0.05) is 32.4 Å². The lowest BCUT2D eigenvalue weighted by Gasteiger charge is -2.36. The third kappa shape index (κ3) is 5.31. The number of urea groups is 1. The van der Waals surface area contributed by atoms with Crippen LogP contribution in [0.1, 0.15) is 51.0 Å². The molecule has 1 aliphatic heterocycles. The Kier molecular flexibility index (Phi) is 7.78. The van der Waals surface area contributed by atoms with E-state index in [1.165, 1.54) is 36.6 Å². The first-order chi connectivity index (χ1) is 15.5. The third-order valence-electron chi connectivity index (χ3n) is 6.47. The Labute approximate surface area is 212 Å². The molecule has 0 saturated carbocycles. The third-order valence-corrected chi connectivity index (χ3v) is 8.97. The number of amides is 2. The molecule has 5 nitrogen and oxygen atoms in total. The summed E-state index contributed by atoms with van der Waals surface area (Å²) in [5.41, 5.74) is 4.04. The minimum Gasteiger partial charge on any atom is -0.361 e. The second-order valence-electron chi connectivity index (χ2n) is 8.63. The highest BCUT2D eigenvalue weighted by molar-refractivity contribution is 14.1. The summed E-state index contributed by atoms with van der Waals surface area (Å²) in [6, 6.07) is 12.3. The predicted molar refractivity (Wildman–Crippen MR) is 146 cm³/mol. The van der Waals surface area contributed by atoms with Crippen LogP contribution >= 0.6 is 38.5 Å². The van der Waals surface area contributed by atoms with E-state index in [0.29, 0.717) is 12.0 Å². The Morgan fingerprint density at radius 3 is 2.78 bits per heavy atom. The average molecular weight is 609 g/mol. The van der Waals surface area contributed by atoms with Crippen molar-refractivity contribution in [2.75, 3.05) is 23.7 Å². The maximum absolute atomic E-state index is 12.6. The second-order valence-corrected chi connectivity index (χ2v) is 10.6. The molecule has 3 N–H and O–H groups in total. The van der Waals surface area contributed by atoms with Gasteiger partial charge in [0.1, 0.15) is 0 Å². The molecule has 32 heavy (non-hydrogen) atoms. The van der Waals surface area contributed by atoms with Gasteiger partial charge in [0.05, 0.1) is 10.2 Å². The number of nitrogens with zero attached hydrogens (tertiary/aromatic N) is 1. The number of anilines is 2. The molecule has 1 fully saturated rings. The first kappa shape index (κ1) is 23.6. The summed E-state index contributed by atoms with van der Waals surface area (Å²) in [7, 11) is 0. The van der Waals surface area contributed by atoms with Crippen molar-refractivity contribution in [3.8, 4) is 0 Å². The van der Waals surface area contributed by atoms with E-state index >= 15 is 0 Å². The quantitative estimate of drug-likeness (QED) is 0.253. The highest BCUT2D eigenvalue weighted by Gasteiger charge is 2.25. The van der Waals surface area contributed by atoms with Crippen molar-refractivity contribution in [3.05, 3.63) is 56.2 Å². The molecule has 4 rings (SSSR count). The first-order valence-corrected chi connectivity index (χ1v) is 13.2. The molecule has 2 aromatic carbocycles. The van der Waals surface area contributed by atoms with Crippen LogP contribution in [-0.4, -0.2) is 35.0 Å². The smallest absolute Gasteiger partial charge is 0.323 e. The average Bonchev–Trinajstić information content (AvgIpc) is 3.20. The Hall–Kier alpha value is -1.58. The zero-order chi connectivity index (χ0) is 22.7. The number of rotatable bonds is 6. The number of aromatic amines is 1. The van der Waals surface area contributed by atoms with E-state index in [9.17, 15) is 4.79 Å². The molecule has 0 radical (unpaired) electrons. The number of hydrogen-bond donors (Lipinski definition) is 3. The van der Waals surface area contributed by atoms with Crippen LogP contribution in [0.25, 0.3) is 10.9 Å². The molecule has 1 aliphatic rings. The molecular formula is C25H30BrIN4O. The molecule has 2 amide bonds. The number of benzene rings is 2. The molecule has 1 unspecified atom stereocenters. The zero-order valence-corrected chi connectivity index (χ0v) is 22.3. The van der Waals surface area contributed by atoms with Crippen molar-refractivity contribution >= 4 is 66.8 Å². The van der Waals surface area contributed by atoms with Gasteiger partial charge < -0.3 is 20.5 Å². The maximum atomic E-state index is 12.6. The van der Waals surface area contributed by atoms with Crippen molar-refractivity contribution in [2.45, 2.75) is 51.5 Å². The normalized spacial score (nSPS) is 16.2. The van der Waals surface area contributed by atoms with Crippen molar-refractivity contribution in [1.29, 1.82) is 0 Å². The minimum absolute atomic E-state index is 0.248. The maximum Gasteiger partial charge on any atom is 0.323 e. The molecule has 2 heterocycles. The van der Waals surface area contributed by atoms with E-state index < -0.39 is 0 Å². The van der Waals surface area contributed by atoms with Gasteiger partial charge in [-0.1, -0.05) is 19.4 Å². The zero-order valence-electron chi connectivity index (χ0n) is 18.6. The summed E-state index contributed by atoms with van der Waals surface area (Å²) in [5, 5.41) is 7.13. The standard InChI is InChI=1S/C25H30BrIN4O/c1-3-5-16(2)31-12-10-17(11-13-31)20-15-28-22-9-8-18(14-19(20)22)29-25(32)30-23-7-4-6-21(27)24(23)26/h4,6-9,14-17,28H,3,5,10-13H2,1-2H3,(H2,29,30,32). The van der Waals surface area contributed by atoms with Crippen LogP contribution in [0.4, 0.5) is 16.2 Å². The second kappa shape index (κ2) is 10.6. The van der Waals surface area contributed by atoms with Crippen LogP contribution in [0.2, 0.25) is 0 Å². The van der Waals surface area contributed by atoms with Gasteiger partial charge in [-0.05, 0) is 120 Å². The van der Waals surface area contributed by atoms with Crippen LogP contribution < -0.4 is 10.6 Å². The number of piperidine rings is 1. The molecule has 0 bridgehead atoms. The lowest BCUT2D eigenvalue weighted by Crippen LogP contribution is -2.39. The van der Waals surface area contributed by atoms with Crippen molar-refractivity contribution in [3.63, 3.8) is 0 Å². The van der Waals surface area contributed by atoms with E-state index in [4.69, 9.17) is 0 Å². The Balaban J connectivity index is 1.45. The largest absolute Gasteiger partial charge is 0.361 e. The fourth-order valence-electron chi connectivity index (χ4n) is 4.69. The number of nitrogens with one attached hydrogen (secondary N) is 3. The van der Waals surface area contributed by atoms with Crippen molar-refractivity contribution < 1.29 is 4.79 Å². The molecule has 170 valence electrons. The number of H-pyrrole nitrogens is 1. The van der Waals surface area contributed by atoms with Crippen LogP contribution in [0.15, 0.2) is 47.1 Å². The van der Waals surface area contributed by atoms with Gasteiger partial charge in [-0.25, -0.2) is 4.79 Å². The highest BCUT2D eigenvalue weighted by atomic mass is 127. The summed E-state index contributed by atoms with van der Waals surface area (Å²) >= 11 is 5.78. The SMILES string of the molecule is CCCC(C)N1CCC(c2c[nH]c3ccc(NC(=O)Nc4cccc(I)c4Br)cc23)CC1. The summed E-state index contributed by atoms with van der Waals surface area (Å²) in [5.74, 6) is 0.556. The molecule has 7 heteroatoms. The van der Waals surface area contributed by atoms with Crippen LogP contribution in [0.3, 0.4) is 0 Å². The van der Waals surface area contributed by atoms with Crippen molar-refractivity contribution in [1.82, 2.24) is 9.88 Å². The number of aromatic nitrogens is 1. The number of carbonyl (C=O) groups is 1. The highest BCUT2D eigenvalue weighted by Crippen LogP contribution is 2.35. The van der Waals surface area contributed by atoms with E-state index in [0.717, 1.165) is 38.0 Å². The Morgan fingerprint density at radius 2 is 2.03 bits per heavy atom. The fraction of sp³-hybridized carbons (Fsp3) is 0.400. The summed E-state index contributed by atoms with van der Waals surface area (Å²) < 4.78 is 1.94. The van der Waals surface area contributed by atoms with E-state index in [1.807, 2.05) is 30.3 Å². The van der Waals surface area contributed by atoms with Gasteiger partial charge in [0.25, 0.3) is 0 Å². The molecular weight excluding hydrogens is 579 g/mol. The van der Waals surface area contributed by atoms with Gasteiger partial charge in [-0.15, -0.1) is 0 Å². The fourth-order valence-corrected chi connectivity index (χ4v) is 5.56. The predicted octanol–water partition coefficient (Wildman–Crippen LogP) is 7.55. The minimum atomic E-state index is -0.248. The number of fused-ring (bicyclic) bond motifs is 1. The number of hydrogen-bond acceptors (Lipinski definition) is 2. The number of likely N-dealkylation sites (tertiary alicyclic amines) is 1. The topological polar surface area (TPSA) is 60.2 Å². The molecule has 1 saturated heterocycles. The van der Waals surface area contributed by atoms with Gasteiger partial charge in [0.2, 0.25) is 0 Å². The summed E-state index contributed by atoms with van der Waals surface area (Å²) in [6.45, 7) is 6.93. The lowest BCUT2D eigenvalue weighted by molar-refractivity contribution is 0.155. The van der Waals surface area contributed by atoms with Gasteiger partial charge >= 0.3 is 6.03 Å². The van der Waals surface area contributed by atoms with Crippen LogP contribution in [0.5, 0.6) is 0 Å². The summed E-state index contributed by atoms with van der Waals surface area (Å²) in [4.78, 5) is 18.7. The van der Waals surface area contributed by atoms with E-state index in [-0.39, 0.29) is 6.03 Å². The monoisotopic (exact) mass is 608 g/mol. The van der Waals surface area contributed by atoms with E-state index in [2.05, 4.69) is 85.1 Å². The molecule has 0 spiro atoms. The molecule has 3 aromatic rings.